The largest absolute Gasteiger partial charge is 0.480 e. The number of hydrogen-bond acceptors (Lipinski definition) is 3. The molecule has 1 aromatic rings. The summed E-state index contributed by atoms with van der Waals surface area (Å²) >= 11 is 0. The van der Waals surface area contributed by atoms with Crippen LogP contribution in [0.25, 0.3) is 0 Å². The number of likely N-dealkylation sites (N-methyl/N-ethyl adjacent to an activating group) is 1. The molecule has 0 bridgehead atoms. The Bertz CT molecular complexity index is 350. The monoisotopic (exact) mass is 194 g/mol. The third kappa shape index (κ3) is 2.45. The summed E-state index contributed by atoms with van der Waals surface area (Å²) in [5.41, 5.74) is 2.04. The Morgan fingerprint density at radius 2 is 2.14 bits per heavy atom. The number of hydrogen-bond donors (Lipinski definition) is 1. The highest BCUT2D eigenvalue weighted by molar-refractivity contribution is 5.72. The van der Waals surface area contributed by atoms with Crippen LogP contribution in [0.15, 0.2) is 12.1 Å². The van der Waals surface area contributed by atoms with Gasteiger partial charge in [-0.2, -0.15) is 0 Å². The molecule has 0 saturated carbocycles. The smallest absolute Gasteiger partial charge is 0.323 e. The van der Waals surface area contributed by atoms with Crippen molar-refractivity contribution >= 4 is 11.8 Å². The number of aryl methyl sites for hydroxylation is 2. The molecule has 0 spiro atoms. The molecule has 1 N–H and O–H groups in total. The molecule has 14 heavy (non-hydrogen) atoms. The van der Waals surface area contributed by atoms with E-state index in [9.17, 15) is 4.79 Å². The van der Waals surface area contributed by atoms with Crippen LogP contribution in [0.4, 0.5) is 5.82 Å². The summed E-state index contributed by atoms with van der Waals surface area (Å²) in [6.45, 7) is 3.85. The third-order valence-electron chi connectivity index (χ3n) is 2.10. The lowest BCUT2D eigenvalue weighted by Crippen LogP contribution is -2.26. The first-order chi connectivity index (χ1) is 6.50. The van der Waals surface area contributed by atoms with Crippen LogP contribution in [0.2, 0.25) is 0 Å². The summed E-state index contributed by atoms with van der Waals surface area (Å²) in [5.74, 6) is -0.164. The number of aliphatic carboxylic acids is 1. The van der Waals surface area contributed by atoms with Crippen LogP contribution >= 0.6 is 0 Å². The Balaban J connectivity index is 2.85. The molecule has 0 amide bonds. The van der Waals surface area contributed by atoms with Gasteiger partial charge in [0.25, 0.3) is 0 Å². The van der Waals surface area contributed by atoms with Crippen LogP contribution in [0, 0.1) is 13.8 Å². The molecule has 0 atom stereocenters. The minimum absolute atomic E-state index is 0.0322. The number of aromatic nitrogens is 1. The Labute approximate surface area is 83.2 Å². The van der Waals surface area contributed by atoms with Gasteiger partial charge in [-0.3, -0.25) is 4.79 Å². The van der Waals surface area contributed by atoms with Gasteiger partial charge in [0.05, 0.1) is 0 Å². The molecule has 0 aromatic carbocycles. The normalized spacial score (nSPS) is 9.93. The van der Waals surface area contributed by atoms with Crippen molar-refractivity contribution < 1.29 is 9.90 Å². The van der Waals surface area contributed by atoms with Crippen LogP contribution in [0.3, 0.4) is 0 Å². The molecule has 76 valence electrons. The van der Waals surface area contributed by atoms with E-state index in [4.69, 9.17) is 5.11 Å². The topological polar surface area (TPSA) is 53.4 Å². The maximum atomic E-state index is 10.5. The SMILES string of the molecule is Cc1ccc(N(C)CC(=O)O)nc1C. The second-order valence-electron chi connectivity index (χ2n) is 3.32. The molecule has 0 aliphatic heterocycles. The minimum Gasteiger partial charge on any atom is -0.480 e. The van der Waals surface area contributed by atoms with Gasteiger partial charge in [0.15, 0.2) is 0 Å². The van der Waals surface area contributed by atoms with Crippen molar-refractivity contribution in [3.8, 4) is 0 Å². The molecule has 4 nitrogen and oxygen atoms in total. The van der Waals surface area contributed by atoms with E-state index in [0.29, 0.717) is 5.82 Å². The predicted octanol–water partition coefficient (Wildman–Crippen LogP) is 1.22. The van der Waals surface area contributed by atoms with E-state index < -0.39 is 5.97 Å². The Morgan fingerprint density at radius 3 is 2.64 bits per heavy atom. The van der Waals surface area contributed by atoms with Crippen LogP contribution in [0.1, 0.15) is 11.3 Å². The van der Waals surface area contributed by atoms with E-state index in [1.54, 1.807) is 11.9 Å². The summed E-state index contributed by atoms with van der Waals surface area (Å²) in [5, 5.41) is 8.60. The lowest BCUT2D eigenvalue weighted by molar-refractivity contribution is -0.135. The van der Waals surface area contributed by atoms with Gasteiger partial charge in [0.1, 0.15) is 12.4 Å². The highest BCUT2D eigenvalue weighted by Gasteiger charge is 2.07. The molecule has 1 heterocycles. The number of rotatable bonds is 3. The lowest BCUT2D eigenvalue weighted by atomic mass is 10.2. The van der Waals surface area contributed by atoms with E-state index in [2.05, 4.69) is 4.98 Å². The summed E-state index contributed by atoms with van der Waals surface area (Å²) < 4.78 is 0. The zero-order valence-corrected chi connectivity index (χ0v) is 8.61. The number of carboxylic acids is 1. The van der Waals surface area contributed by atoms with Gasteiger partial charge in [-0.05, 0) is 25.5 Å². The summed E-state index contributed by atoms with van der Waals surface area (Å²) in [6, 6.07) is 3.77. The van der Waals surface area contributed by atoms with Gasteiger partial charge >= 0.3 is 5.97 Å². The van der Waals surface area contributed by atoms with E-state index in [1.807, 2.05) is 26.0 Å². The molecule has 1 rings (SSSR count). The van der Waals surface area contributed by atoms with Crippen molar-refractivity contribution in [2.75, 3.05) is 18.5 Å². The lowest BCUT2D eigenvalue weighted by Gasteiger charge is -2.16. The molecule has 0 radical (unpaired) electrons. The van der Waals surface area contributed by atoms with Crippen LogP contribution < -0.4 is 4.90 Å². The Morgan fingerprint density at radius 1 is 1.50 bits per heavy atom. The highest BCUT2D eigenvalue weighted by atomic mass is 16.4. The average Bonchev–Trinajstić information content (AvgIpc) is 2.08. The van der Waals surface area contributed by atoms with Crippen molar-refractivity contribution in [1.29, 1.82) is 0 Å². The number of pyridine rings is 1. The summed E-state index contributed by atoms with van der Waals surface area (Å²) in [6.07, 6.45) is 0. The summed E-state index contributed by atoms with van der Waals surface area (Å²) in [4.78, 5) is 16.4. The van der Waals surface area contributed by atoms with Crippen molar-refractivity contribution in [2.45, 2.75) is 13.8 Å². The number of nitrogens with zero attached hydrogens (tertiary/aromatic N) is 2. The van der Waals surface area contributed by atoms with Gasteiger partial charge in [0, 0.05) is 12.7 Å². The first kappa shape index (κ1) is 10.5. The molecule has 0 aliphatic rings. The Kier molecular flexibility index (Phi) is 3.06. The zero-order chi connectivity index (χ0) is 10.7. The van der Waals surface area contributed by atoms with E-state index in [-0.39, 0.29) is 6.54 Å². The van der Waals surface area contributed by atoms with E-state index in [0.717, 1.165) is 11.3 Å². The second kappa shape index (κ2) is 4.09. The zero-order valence-electron chi connectivity index (χ0n) is 8.61. The maximum absolute atomic E-state index is 10.5. The molecular formula is C10H14N2O2. The fourth-order valence-electron chi connectivity index (χ4n) is 1.11. The van der Waals surface area contributed by atoms with Gasteiger partial charge in [-0.1, -0.05) is 6.07 Å². The average molecular weight is 194 g/mol. The molecule has 0 fully saturated rings. The van der Waals surface area contributed by atoms with Crippen molar-refractivity contribution in [3.05, 3.63) is 23.4 Å². The quantitative estimate of drug-likeness (QED) is 0.786. The second-order valence-corrected chi connectivity index (χ2v) is 3.32. The van der Waals surface area contributed by atoms with Crippen molar-refractivity contribution in [1.82, 2.24) is 4.98 Å². The number of anilines is 1. The van der Waals surface area contributed by atoms with Gasteiger partial charge in [-0.25, -0.2) is 4.98 Å². The summed E-state index contributed by atoms with van der Waals surface area (Å²) in [7, 11) is 1.71. The standard InChI is InChI=1S/C10H14N2O2/c1-7-4-5-9(11-8(7)2)12(3)6-10(13)14/h4-5H,6H2,1-3H3,(H,13,14). The van der Waals surface area contributed by atoms with Gasteiger partial charge in [-0.15, -0.1) is 0 Å². The predicted molar refractivity (Wildman–Crippen MR) is 54.6 cm³/mol. The van der Waals surface area contributed by atoms with Crippen LogP contribution in [-0.4, -0.2) is 29.7 Å². The van der Waals surface area contributed by atoms with Crippen LogP contribution in [0.5, 0.6) is 0 Å². The van der Waals surface area contributed by atoms with Crippen molar-refractivity contribution in [3.63, 3.8) is 0 Å². The molecule has 1 aromatic heterocycles. The van der Waals surface area contributed by atoms with Crippen LogP contribution in [-0.2, 0) is 4.79 Å². The first-order valence-corrected chi connectivity index (χ1v) is 4.38. The fourth-order valence-corrected chi connectivity index (χ4v) is 1.11. The molecule has 4 heteroatoms. The van der Waals surface area contributed by atoms with E-state index >= 15 is 0 Å². The van der Waals surface area contributed by atoms with Gasteiger partial charge < -0.3 is 10.0 Å². The van der Waals surface area contributed by atoms with Crippen molar-refractivity contribution in [2.24, 2.45) is 0 Å². The molecule has 0 saturated heterocycles. The maximum Gasteiger partial charge on any atom is 0.323 e. The number of carbonyl (C=O) groups is 1. The Hall–Kier alpha value is -1.58. The number of carboxylic acid groups (broad SMARTS) is 1. The molecule has 0 aliphatic carbocycles. The fraction of sp³-hybridized carbons (Fsp3) is 0.400. The first-order valence-electron chi connectivity index (χ1n) is 4.38. The third-order valence-corrected chi connectivity index (χ3v) is 2.10. The highest BCUT2D eigenvalue weighted by Crippen LogP contribution is 2.12. The molecular weight excluding hydrogens is 180 g/mol. The van der Waals surface area contributed by atoms with Gasteiger partial charge in [0.2, 0.25) is 0 Å². The minimum atomic E-state index is -0.854. The molecule has 0 unspecified atom stereocenters. The van der Waals surface area contributed by atoms with E-state index in [1.165, 1.54) is 0 Å².